The van der Waals surface area contributed by atoms with E-state index in [2.05, 4.69) is 15.3 Å². The first-order valence-electron chi connectivity index (χ1n) is 8.30. The summed E-state index contributed by atoms with van der Waals surface area (Å²) in [6.07, 6.45) is 3.80. The Hall–Kier alpha value is -2.70. The van der Waals surface area contributed by atoms with Crippen LogP contribution in [0.1, 0.15) is 25.8 Å². The van der Waals surface area contributed by atoms with Crippen molar-refractivity contribution >= 4 is 11.7 Å². The zero-order chi connectivity index (χ0) is 17.8. The molecule has 0 radical (unpaired) electrons. The minimum Gasteiger partial charge on any atom is -0.474 e. The fourth-order valence-corrected chi connectivity index (χ4v) is 2.73. The average molecular weight is 344 g/mol. The van der Waals surface area contributed by atoms with Gasteiger partial charge in [0.1, 0.15) is 17.7 Å². The molecule has 0 saturated carbocycles. The van der Waals surface area contributed by atoms with Gasteiger partial charge in [-0.1, -0.05) is 12.1 Å². The number of nitrogens with zero attached hydrogens (tertiary/aromatic N) is 3. The first-order chi connectivity index (χ1) is 12.0. The number of anilines is 1. The molecule has 1 aliphatic rings. The van der Waals surface area contributed by atoms with Crippen molar-refractivity contribution in [2.45, 2.75) is 39.0 Å². The molecular formula is C18H21FN4O2. The average Bonchev–Trinajstić information content (AvgIpc) is 2.90. The Morgan fingerprint density at radius 1 is 1.32 bits per heavy atom. The Labute approximate surface area is 146 Å². The van der Waals surface area contributed by atoms with Gasteiger partial charge in [0.2, 0.25) is 11.8 Å². The van der Waals surface area contributed by atoms with E-state index < -0.39 is 0 Å². The lowest BCUT2D eigenvalue weighted by Crippen LogP contribution is -2.33. The van der Waals surface area contributed by atoms with Gasteiger partial charge in [-0.25, -0.2) is 4.39 Å². The number of hydrogen-bond acceptors (Lipinski definition) is 5. The first-order valence-corrected chi connectivity index (χ1v) is 8.30. The van der Waals surface area contributed by atoms with Crippen LogP contribution in [0.5, 0.6) is 5.88 Å². The summed E-state index contributed by atoms with van der Waals surface area (Å²) in [5, 5.41) is 3.12. The fraction of sp³-hybridized carbons (Fsp3) is 0.389. The number of carbonyl (C=O) groups excluding carboxylic acids is 1. The molecule has 1 atom stereocenters. The molecule has 1 saturated heterocycles. The quantitative estimate of drug-likeness (QED) is 0.872. The molecule has 0 spiro atoms. The van der Waals surface area contributed by atoms with E-state index in [-0.39, 0.29) is 23.9 Å². The molecular weight excluding hydrogens is 323 g/mol. The summed E-state index contributed by atoms with van der Waals surface area (Å²) >= 11 is 0. The van der Waals surface area contributed by atoms with Crippen LogP contribution in [0.4, 0.5) is 10.2 Å². The van der Waals surface area contributed by atoms with Crippen LogP contribution in [0.25, 0.3) is 0 Å². The zero-order valence-corrected chi connectivity index (χ0v) is 14.3. The largest absolute Gasteiger partial charge is 0.474 e. The molecule has 1 fully saturated rings. The number of likely N-dealkylation sites (tertiary alicyclic amines) is 1. The predicted molar refractivity (Wildman–Crippen MR) is 91.6 cm³/mol. The van der Waals surface area contributed by atoms with Crippen LogP contribution in [0, 0.1) is 5.82 Å². The number of benzene rings is 1. The summed E-state index contributed by atoms with van der Waals surface area (Å²) in [4.78, 5) is 22.7. The van der Waals surface area contributed by atoms with Gasteiger partial charge in [-0.2, -0.15) is 4.98 Å². The molecule has 3 rings (SSSR count). The summed E-state index contributed by atoms with van der Waals surface area (Å²) < 4.78 is 18.5. The van der Waals surface area contributed by atoms with Crippen LogP contribution in [0.2, 0.25) is 0 Å². The van der Waals surface area contributed by atoms with Gasteiger partial charge in [-0.3, -0.25) is 9.78 Å². The minimum absolute atomic E-state index is 0.00121. The Morgan fingerprint density at radius 2 is 2.08 bits per heavy atom. The Morgan fingerprint density at radius 3 is 2.80 bits per heavy atom. The molecule has 1 aromatic heterocycles. The highest BCUT2D eigenvalue weighted by Gasteiger charge is 2.31. The van der Waals surface area contributed by atoms with Gasteiger partial charge in [0.25, 0.3) is 0 Å². The van der Waals surface area contributed by atoms with Gasteiger partial charge in [0.05, 0.1) is 18.5 Å². The van der Waals surface area contributed by atoms with E-state index >= 15 is 0 Å². The SMILES string of the molecule is CC(C)Oc1cncc(NC2CCN(Cc3ccc(F)cc3)C2=O)n1. The van der Waals surface area contributed by atoms with E-state index in [1.54, 1.807) is 29.4 Å². The van der Waals surface area contributed by atoms with Gasteiger partial charge >= 0.3 is 0 Å². The second-order valence-corrected chi connectivity index (χ2v) is 6.28. The minimum atomic E-state index is -0.343. The van der Waals surface area contributed by atoms with Gasteiger partial charge in [0.15, 0.2) is 0 Å². The van der Waals surface area contributed by atoms with Crippen molar-refractivity contribution in [1.82, 2.24) is 14.9 Å². The number of amides is 1. The Bertz CT molecular complexity index is 736. The summed E-state index contributed by atoms with van der Waals surface area (Å²) in [5.41, 5.74) is 0.905. The summed E-state index contributed by atoms with van der Waals surface area (Å²) in [7, 11) is 0. The molecule has 1 N–H and O–H groups in total. The fourth-order valence-electron chi connectivity index (χ4n) is 2.73. The second-order valence-electron chi connectivity index (χ2n) is 6.28. The maximum Gasteiger partial charge on any atom is 0.245 e. The highest BCUT2D eigenvalue weighted by atomic mass is 19.1. The van der Waals surface area contributed by atoms with Crippen molar-refractivity contribution in [3.63, 3.8) is 0 Å². The van der Waals surface area contributed by atoms with Crippen molar-refractivity contribution in [3.05, 3.63) is 48.0 Å². The van der Waals surface area contributed by atoms with Crippen molar-refractivity contribution in [3.8, 4) is 5.88 Å². The third-order valence-corrected chi connectivity index (χ3v) is 3.88. The monoisotopic (exact) mass is 344 g/mol. The lowest BCUT2D eigenvalue weighted by atomic mass is 10.2. The number of hydrogen-bond donors (Lipinski definition) is 1. The smallest absolute Gasteiger partial charge is 0.245 e. The van der Waals surface area contributed by atoms with Crippen molar-refractivity contribution < 1.29 is 13.9 Å². The molecule has 2 heterocycles. The molecule has 25 heavy (non-hydrogen) atoms. The molecule has 1 aromatic carbocycles. The van der Waals surface area contributed by atoms with Gasteiger partial charge < -0.3 is 15.0 Å². The van der Waals surface area contributed by atoms with E-state index in [0.29, 0.717) is 31.2 Å². The standard InChI is InChI=1S/C18H21FN4O2/c1-12(2)25-17-10-20-9-16(22-17)21-15-7-8-23(18(15)24)11-13-3-5-14(19)6-4-13/h3-6,9-10,12,15H,7-8,11H2,1-2H3,(H,21,22). The van der Waals surface area contributed by atoms with Gasteiger partial charge in [-0.05, 0) is 38.0 Å². The summed E-state index contributed by atoms with van der Waals surface area (Å²) in [6.45, 7) is 4.94. The van der Waals surface area contributed by atoms with Crippen molar-refractivity contribution in [1.29, 1.82) is 0 Å². The molecule has 0 bridgehead atoms. The molecule has 2 aromatic rings. The summed E-state index contributed by atoms with van der Waals surface area (Å²) in [5.74, 6) is 0.660. The van der Waals surface area contributed by atoms with Crippen LogP contribution in [-0.4, -0.2) is 39.5 Å². The summed E-state index contributed by atoms with van der Waals surface area (Å²) in [6, 6.07) is 5.86. The van der Waals surface area contributed by atoms with Gasteiger partial charge in [-0.15, -0.1) is 0 Å². The topological polar surface area (TPSA) is 67.3 Å². The van der Waals surface area contributed by atoms with Crippen LogP contribution >= 0.6 is 0 Å². The molecule has 1 unspecified atom stereocenters. The van der Waals surface area contributed by atoms with E-state index in [1.807, 2.05) is 13.8 Å². The number of aromatic nitrogens is 2. The third-order valence-electron chi connectivity index (χ3n) is 3.88. The second kappa shape index (κ2) is 7.46. The maximum absolute atomic E-state index is 13.0. The molecule has 6 nitrogen and oxygen atoms in total. The van der Waals surface area contributed by atoms with E-state index in [4.69, 9.17) is 4.74 Å². The molecule has 0 aliphatic carbocycles. The van der Waals surface area contributed by atoms with Crippen molar-refractivity contribution in [2.24, 2.45) is 0 Å². The Kier molecular flexibility index (Phi) is 5.11. The molecule has 1 aliphatic heterocycles. The lowest BCUT2D eigenvalue weighted by molar-refractivity contribution is -0.128. The number of nitrogens with one attached hydrogen (secondary N) is 1. The number of ether oxygens (including phenoxy) is 1. The van der Waals surface area contributed by atoms with Gasteiger partial charge in [0, 0.05) is 13.1 Å². The first kappa shape index (κ1) is 17.1. The number of halogens is 1. The number of rotatable bonds is 6. The third kappa shape index (κ3) is 4.43. The highest BCUT2D eigenvalue weighted by Crippen LogP contribution is 2.19. The highest BCUT2D eigenvalue weighted by molar-refractivity contribution is 5.86. The molecule has 1 amide bonds. The molecule has 7 heteroatoms. The molecule has 132 valence electrons. The normalized spacial score (nSPS) is 17.2. The Balaban J connectivity index is 1.61. The zero-order valence-electron chi connectivity index (χ0n) is 14.3. The predicted octanol–water partition coefficient (Wildman–Crippen LogP) is 2.62. The van der Waals surface area contributed by atoms with Crippen LogP contribution in [0.15, 0.2) is 36.7 Å². The maximum atomic E-state index is 13.0. The van der Waals surface area contributed by atoms with E-state index in [9.17, 15) is 9.18 Å². The van der Waals surface area contributed by atoms with E-state index in [1.165, 1.54) is 12.1 Å². The van der Waals surface area contributed by atoms with Crippen LogP contribution in [0.3, 0.4) is 0 Å². The van der Waals surface area contributed by atoms with Crippen LogP contribution in [-0.2, 0) is 11.3 Å². The van der Waals surface area contributed by atoms with Crippen molar-refractivity contribution in [2.75, 3.05) is 11.9 Å². The lowest BCUT2D eigenvalue weighted by Gasteiger charge is -2.17. The van der Waals surface area contributed by atoms with Crippen LogP contribution < -0.4 is 10.1 Å². The van der Waals surface area contributed by atoms with E-state index in [0.717, 1.165) is 5.56 Å². The number of carbonyl (C=O) groups is 1.